The fourth-order valence-corrected chi connectivity index (χ4v) is 5.59. The highest BCUT2D eigenvalue weighted by Gasteiger charge is 2.40. The molecule has 2 atom stereocenters. The Morgan fingerprint density at radius 3 is 2.30 bits per heavy atom. The van der Waals surface area contributed by atoms with Gasteiger partial charge in [-0.1, -0.05) is 81.9 Å². The lowest BCUT2D eigenvalue weighted by molar-refractivity contribution is -0.00510. The number of aryl methyl sites for hydroxylation is 1. The van der Waals surface area contributed by atoms with Gasteiger partial charge in [0, 0.05) is 17.7 Å². The molecule has 0 N–H and O–H groups in total. The number of hydrogen-bond acceptors (Lipinski definition) is 4. The van der Waals surface area contributed by atoms with Gasteiger partial charge in [0.2, 0.25) is 0 Å². The minimum absolute atomic E-state index is 0.174. The zero-order valence-electron chi connectivity index (χ0n) is 21.1. The van der Waals surface area contributed by atoms with E-state index in [1.54, 1.807) is 25.3 Å². The van der Waals surface area contributed by atoms with Gasteiger partial charge in [-0.25, -0.2) is 0 Å². The van der Waals surface area contributed by atoms with Crippen LogP contribution < -0.4 is 4.74 Å². The monoisotopic (exact) mass is 555 g/mol. The van der Waals surface area contributed by atoms with E-state index in [4.69, 9.17) is 48.8 Å². The number of ether oxygens (including phenoxy) is 2. The van der Waals surface area contributed by atoms with Crippen LogP contribution in [-0.2, 0) is 16.9 Å². The molecule has 1 saturated carbocycles. The Bertz CT molecular complexity index is 1410. The molecule has 192 valence electrons. The van der Waals surface area contributed by atoms with Crippen LogP contribution in [0.4, 0.5) is 0 Å². The lowest BCUT2D eigenvalue weighted by Gasteiger charge is -2.21. The predicted octanol–water partition coefficient (Wildman–Crippen LogP) is 9.34. The van der Waals surface area contributed by atoms with Crippen LogP contribution in [-0.4, -0.2) is 12.3 Å². The van der Waals surface area contributed by atoms with Crippen LogP contribution in [0.25, 0.3) is 11.3 Å². The second-order valence-electron chi connectivity index (χ2n) is 9.98. The summed E-state index contributed by atoms with van der Waals surface area (Å²) in [6, 6.07) is 20.0. The fraction of sp³-hybridized carbons (Fsp3) is 0.300. The van der Waals surface area contributed by atoms with Crippen molar-refractivity contribution in [2.45, 2.75) is 51.2 Å². The Hall–Kier alpha value is -2.50. The Labute approximate surface area is 232 Å². The van der Waals surface area contributed by atoms with E-state index in [-0.39, 0.29) is 6.61 Å². The van der Waals surface area contributed by atoms with Crippen molar-refractivity contribution < 1.29 is 14.0 Å². The first-order valence-corrected chi connectivity index (χ1v) is 13.3. The molecule has 1 aliphatic rings. The summed E-state index contributed by atoms with van der Waals surface area (Å²) in [7, 11) is 1.62. The average molecular weight is 557 g/mol. The Balaban J connectivity index is 1.39. The molecule has 0 saturated heterocycles. The number of hydrogen-bond donors (Lipinski definition) is 0. The minimum Gasteiger partial charge on any atom is -0.489 e. The summed E-state index contributed by atoms with van der Waals surface area (Å²) in [5.41, 5.74) is 4.87. The van der Waals surface area contributed by atoms with Crippen LogP contribution >= 0.6 is 34.8 Å². The van der Waals surface area contributed by atoms with Crippen molar-refractivity contribution in [2.24, 2.45) is 0 Å². The maximum atomic E-state index is 6.73. The van der Waals surface area contributed by atoms with Crippen LogP contribution in [0, 0.1) is 6.92 Å². The van der Waals surface area contributed by atoms with Gasteiger partial charge >= 0.3 is 0 Å². The van der Waals surface area contributed by atoms with E-state index in [1.165, 1.54) is 11.1 Å². The third-order valence-electron chi connectivity index (χ3n) is 7.10. The van der Waals surface area contributed by atoms with E-state index in [1.807, 2.05) is 26.0 Å². The Morgan fingerprint density at radius 2 is 1.65 bits per heavy atom. The third-order valence-corrected chi connectivity index (χ3v) is 8.05. The second-order valence-corrected chi connectivity index (χ2v) is 11.2. The van der Waals surface area contributed by atoms with E-state index in [2.05, 4.69) is 42.4 Å². The maximum absolute atomic E-state index is 6.73. The van der Waals surface area contributed by atoms with Crippen LogP contribution in [0.3, 0.4) is 0 Å². The number of aromatic nitrogens is 1. The van der Waals surface area contributed by atoms with E-state index in [0.29, 0.717) is 55.2 Å². The van der Waals surface area contributed by atoms with Gasteiger partial charge in [-0.2, -0.15) is 0 Å². The topological polar surface area (TPSA) is 44.5 Å². The molecule has 0 aliphatic heterocycles. The van der Waals surface area contributed by atoms with Crippen molar-refractivity contribution in [2.75, 3.05) is 7.11 Å². The van der Waals surface area contributed by atoms with Gasteiger partial charge in [-0.05, 0) is 74.4 Å². The van der Waals surface area contributed by atoms with Crippen molar-refractivity contribution in [1.29, 1.82) is 0 Å². The highest BCUT2D eigenvalue weighted by atomic mass is 35.5. The van der Waals surface area contributed by atoms with Crippen LogP contribution in [0.1, 0.15) is 60.1 Å². The van der Waals surface area contributed by atoms with Gasteiger partial charge in [0.1, 0.15) is 23.7 Å². The smallest absolute Gasteiger partial charge is 0.175 e. The van der Waals surface area contributed by atoms with E-state index >= 15 is 0 Å². The molecular formula is C30H28Cl3NO3. The van der Waals surface area contributed by atoms with Crippen molar-refractivity contribution >= 4 is 34.8 Å². The first-order valence-electron chi connectivity index (χ1n) is 12.2. The number of rotatable bonds is 8. The summed E-state index contributed by atoms with van der Waals surface area (Å²) in [5.74, 6) is 2.12. The van der Waals surface area contributed by atoms with Gasteiger partial charge in [0.05, 0.1) is 15.6 Å². The Kier molecular flexibility index (Phi) is 7.30. The predicted molar refractivity (Wildman–Crippen MR) is 149 cm³/mol. The lowest BCUT2D eigenvalue weighted by atomic mass is 9.98. The molecule has 0 spiro atoms. The van der Waals surface area contributed by atoms with Crippen molar-refractivity contribution in [3.8, 4) is 17.0 Å². The summed E-state index contributed by atoms with van der Waals surface area (Å²) in [6.45, 7) is 6.09. The molecule has 3 aromatic carbocycles. The standard InChI is InChI=1S/C30H28Cl3NO3/c1-17-8-10-18(11-9-17)21-15-22(21)20-13-12-19(14-26(20)33)36-16-23-28(27-24(31)6-5-7-25(27)32)34-37-29(23)30(2,3)35-4/h5-14,21-22H,15-16H2,1-4H3. The van der Waals surface area contributed by atoms with Crippen LogP contribution in [0.2, 0.25) is 15.1 Å². The van der Waals surface area contributed by atoms with Crippen LogP contribution in [0.5, 0.6) is 5.75 Å². The first kappa shape index (κ1) is 26.1. The molecule has 1 aromatic heterocycles. The molecule has 7 heteroatoms. The molecular weight excluding hydrogens is 529 g/mol. The minimum atomic E-state index is -0.740. The fourth-order valence-electron chi connectivity index (χ4n) is 4.70. The van der Waals surface area contributed by atoms with Crippen molar-refractivity contribution in [1.82, 2.24) is 5.16 Å². The molecule has 1 fully saturated rings. The highest BCUT2D eigenvalue weighted by Crippen LogP contribution is 2.56. The summed E-state index contributed by atoms with van der Waals surface area (Å²) < 4.78 is 17.6. The van der Waals surface area contributed by atoms with E-state index in [9.17, 15) is 0 Å². The van der Waals surface area contributed by atoms with Gasteiger partial charge in [0.15, 0.2) is 5.76 Å². The van der Waals surface area contributed by atoms with Gasteiger partial charge in [-0.3, -0.25) is 0 Å². The molecule has 4 aromatic rings. The third kappa shape index (κ3) is 5.26. The first-order chi connectivity index (χ1) is 17.7. The Morgan fingerprint density at radius 1 is 0.946 bits per heavy atom. The number of benzene rings is 3. The SMILES string of the molecule is COC(C)(C)c1onc(-c2c(Cl)cccc2Cl)c1COc1ccc(C2CC2c2ccc(C)cc2)c(Cl)c1. The molecule has 5 rings (SSSR count). The molecule has 1 aliphatic carbocycles. The summed E-state index contributed by atoms with van der Waals surface area (Å²) >= 11 is 19.7. The second kappa shape index (κ2) is 10.3. The summed E-state index contributed by atoms with van der Waals surface area (Å²) in [6.07, 6.45) is 1.10. The van der Waals surface area contributed by atoms with Gasteiger partial charge < -0.3 is 14.0 Å². The molecule has 37 heavy (non-hydrogen) atoms. The maximum Gasteiger partial charge on any atom is 0.175 e. The average Bonchev–Trinajstić information content (AvgIpc) is 3.54. The summed E-state index contributed by atoms with van der Waals surface area (Å²) in [4.78, 5) is 0. The zero-order valence-corrected chi connectivity index (χ0v) is 23.4. The lowest BCUT2D eigenvalue weighted by Crippen LogP contribution is -2.21. The molecule has 0 bridgehead atoms. The number of nitrogens with zero attached hydrogens (tertiary/aromatic N) is 1. The van der Waals surface area contributed by atoms with E-state index in [0.717, 1.165) is 12.0 Å². The molecule has 1 heterocycles. The quantitative estimate of drug-likeness (QED) is 0.217. The largest absolute Gasteiger partial charge is 0.489 e. The van der Waals surface area contributed by atoms with Crippen molar-refractivity contribution in [3.63, 3.8) is 0 Å². The zero-order chi connectivity index (χ0) is 26.3. The molecule has 4 nitrogen and oxygen atoms in total. The van der Waals surface area contributed by atoms with Crippen molar-refractivity contribution in [3.05, 3.63) is 104 Å². The molecule has 0 amide bonds. The number of halogens is 3. The van der Waals surface area contributed by atoms with Gasteiger partial charge in [0.25, 0.3) is 0 Å². The summed E-state index contributed by atoms with van der Waals surface area (Å²) in [5, 5.41) is 5.96. The normalized spacial score (nSPS) is 17.2. The van der Waals surface area contributed by atoms with E-state index < -0.39 is 5.60 Å². The number of methoxy groups -OCH3 is 1. The molecule has 0 radical (unpaired) electrons. The van der Waals surface area contributed by atoms with Gasteiger partial charge in [-0.15, -0.1) is 0 Å². The molecule has 2 unspecified atom stereocenters. The van der Waals surface area contributed by atoms with Crippen LogP contribution in [0.15, 0.2) is 65.2 Å². The highest BCUT2D eigenvalue weighted by molar-refractivity contribution is 6.39.